The normalized spacial score (nSPS) is 22.4. The molecule has 37 heavy (non-hydrogen) atoms. The molecule has 0 amide bonds. The average molecular weight is 521 g/mol. The molecule has 1 unspecified atom stereocenters. The van der Waals surface area contributed by atoms with Crippen LogP contribution in [0, 0.1) is 35.3 Å². The molecule has 1 aliphatic carbocycles. The minimum Gasteiger partial charge on any atom is -0.352 e. The molecule has 0 aromatic heterocycles. The Morgan fingerprint density at radius 2 is 1.76 bits per heavy atom. The number of fused-ring (bicyclic) bond motifs is 1. The maximum Gasteiger partial charge on any atom is 0.458 e. The molecule has 1 saturated heterocycles. The maximum absolute atomic E-state index is 14.7. The Kier molecular flexibility index (Phi) is 9.26. The Balaban J connectivity index is 1.33. The van der Waals surface area contributed by atoms with E-state index >= 15 is 0 Å². The van der Waals surface area contributed by atoms with Crippen LogP contribution in [0.15, 0.2) is 30.3 Å². The quantitative estimate of drug-likeness (QED) is 0.197. The van der Waals surface area contributed by atoms with Gasteiger partial charge in [-0.15, -0.1) is 0 Å². The van der Waals surface area contributed by atoms with Gasteiger partial charge in [-0.3, -0.25) is 0 Å². The molecular formula is C30H33F5O2. The Labute approximate surface area is 215 Å². The van der Waals surface area contributed by atoms with Crippen LogP contribution < -0.4 is 0 Å². The number of hydrogen-bond donors (Lipinski definition) is 0. The summed E-state index contributed by atoms with van der Waals surface area (Å²) < 4.78 is 78.1. The molecular weight excluding hydrogens is 487 g/mol. The third-order valence-corrected chi connectivity index (χ3v) is 7.31. The number of allylic oxidation sites excluding steroid dienone is 2. The molecule has 7 heteroatoms. The number of hydrogen-bond acceptors (Lipinski definition) is 2. The van der Waals surface area contributed by atoms with Crippen LogP contribution in [-0.2, 0) is 9.47 Å². The van der Waals surface area contributed by atoms with E-state index < -0.39 is 23.4 Å². The molecule has 0 saturated carbocycles. The highest BCUT2D eigenvalue weighted by Crippen LogP contribution is 2.35. The molecule has 200 valence electrons. The molecule has 1 heterocycles. The summed E-state index contributed by atoms with van der Waals surface area (Å²) >= 11 is 0. The van der Waals surface area contributed by atoms with Crippen LogP contribution in [0.25, 0.3) is 16.3 Å². The van der Waals surface area contributed by atoms with Crippen molar-refractivity contribution in [1.29, 1.82) is 0 Å². The topological polar surface area (TPSA) is 18.5 Å². The molecule has 0 bridgehead atoms. The van der Waals surface area contributed by atoms with Gasteiger partial charge in [-0.25, -0.2) is 8.78 Å². The molecule has 0 N–H and O–H groups in total. The van der Waals surface area contributed by atoms with Gasteiger partial charge in [0.05, 0.1) is 18.8 Å². The predicted octanol–water partition coefficient (Wildman–Crippen LogP) is 8.56. The fraction of sp³-hybridized carbons (Fsp3) is 0.533. The van der Waals surface area contributed by atoms with E-state index in [2.05, 4.69) is 13.0 Å². The maximum atomic E-state index is 14.7. The highest BCUT2D eigenvalue weighted by Gasteiger charge is 2.25. The van der Waals surface area contributed by atoms with Crippen LogP contribution in [0.4, 0.5) is 22.0 Å². The highest BCUT2D eigenvalue weighted by molar-refractivity contribution is 5.88. The highest BCUT2D eigenvalue weighted by atomic mass is 19.4. The second-order valence-electron chi connectivity index (χ2n) is 10.1. The van der Waals surface area contributed by atoms with Crippen molar-refractivity contribution in [2.75, 3.05) is 13.2 Å². The van der Waals surface area contributed by atoms with Crippen LogP contribution in [0.5, 0.6) is 0 Å². The molecule has 2 aliphatic rings. The van der Waals surface area contributed by atoms with E-state index in [1.165, 1.54) is 25.3 Å². The van der Waals surface area contributed by atoms with Crippen molar-refractivity contribution in [3.63, 3.8) is 0 Å². The number of unbranched alkanes of at least 4 members (excludes halogenated alkanes) is 2. The monoisotopic (exact) mass is 520 g/mol. The van der Waals surface area contributed by atoms with Gasteiger partial charge in [-0.05, 0) is 73.1 Å². The summed E-state index contributed by atoms with van der Waals surface area (Å²) in [5.41, 5.74) is 1.11. The average Bonchev–Trinajstić information content (AvgIpc) is 2.87. The number of rotatable bonds is 8. The van der Waals surface area contributed by atoms with Gasteiger partial charge in [-0.2, -0.15) is 13.2 Å². The lowest BCUT2D eigenvalue weighted by atomic mass is 9.83. The van der Waals surface area contributed by atoms with Crippen LogP contribution in [-0.4, -0.2) is 25.7 Å². The first-order valence-electron chi connectivity index (χ1n) is 13.2. The largest absolute Gasteiger partial charge is 0.458 e. The third-order valence-electron chi connectivity index (χ3n) is 7.31. The SMILES string of the molecule is CCCCCC1COC(CCC2CC=C(c3ccc4c(F)c(C#CC(F)(F)F)c(F)cc4c3)CC2)OC1. The van der Waals surface area contributed by atoms with Gasteiger partial charge in [0.25, 0.3) is 0 Å². The van der Waals surface area contributed by atoms with Gasteiger partial charge >= 0.3 is 6.18 Å². The van der Waals surface area contributed by atoms with E-state index in [4.69, 9.17) is 9.47 Å². The fourth-order valence-corrected chi connectivity index (χ4v) is 5.16. The number of ether oxygens (including phenoxy) is 2. The zero-order valence-corrected chi connectivity index (χ0v) is 21.1. The summed E-state index contributed by atoms with van der Waals surface area (Å²) in [5.74, 6) is 1.39. The van der Waals surface area contributed by atoms with E-state index in [-0.39, 0.29) is 11.7 Å². The van der Waals surface area contributed by atoms with Crippen LogP contribution in [0.2, 0.25) is 0 Å². The van der Waals surface area contributed by atoms with Crippen LogP contribution in [0.1, 0.15) is 75.8 Å². The predicted molar refractivity (Wildman–Crippen MR) is 135 cm³/mol. The number of alkyl halides is 3. The molecule has 2 aromatic carbocycles. The van der Waals surface area contributed by atoms with Crippen molar-refractivity contribution in [3.8, 4) is 11.8 Å². The smallest absolute Gasteiger partial charge is 0.352 e. The first-order chi connectivity index (χ1) is 17.7. The summed E-state index contributed by atoms with van der Waals surface area (Å²) in [6.45, 7) is 3.77. The summed E-state index contributed by atoms with van der Waals surface area (Å²) in [7, 11) is 0. The molecule has 0 radical (unpaired) electrons. The molecule has 1 atom stereocenters. The van der Waals surface area contributed by atoms with Crippen LogP contribution in [0.3, 0.4) is 0 Å². The molecule has 1 fully saturated rings. The standard InChI is InChI=1S/C30H33F5O2/c1-2-3-4-5-21-18-36-28(37-19-21)13-8-20-6-9-22(10-7-20)23-11-12-25-24(16-23)17-27(31)26(29(25)32)14-15-30(33,34)35/h9,11-12,16-17,20-21,28H,2-8,10,13,18-19H2,1H3. The second-order valence-corrected chi connectivity index (χ2v) is 10.1. The molecule has 1 aliphatic heterocycles. The summed E-state index contributed by atoms with van der Waals surface area (Å²) in [6, 6.07) is 5.96. The Morgan fingerprint density at radius 1 is 0.973 bits per heavy atom. The minimum absolute atomic E-state index is 0.0472. The lowest BCUT2D eigenvalue weighted by Crippen LogP contribution is -2.32. The van der Waals surface area contributed by atoms with E-state index in [0.717, 1.165) is 74.9 Å². The van der Waals surface area contributed by atoms with Gasteiger partial charge in [-0.1, -0.05) is 50.3 Å². The number of benzene rings is 2. The van der Waals surface area contributed by atoms with Crippen molar-refractivity contribution in [1.82, 2.24) is 0 Å². The van der Waals surface area contributed by atoms with Crippen molar-refractivity contribution in [2.24, 2.45) is 11.8 Å². The Hall–Kier alpha value is -2.43. The summed E-state index contributed by atoms with van der Waals surface area (Å²) in [6.07, 6.45) is 6.77. The summed E-state index contributed by atoms with van der Waals surface area (Å²) in [5, 5.41) is 0.346. The number of halogens is 5. The first kappa shape index (κ1) is 27.6. The second kappa shape index (κ2) is 12.4. The minimum atomic E-state index is -4.82. The first-order valence-corrected chi connectivity index (χ1v) is 13.2. The van der Waals surface area contributed by atoms with Gasteiger partial charge in [0.15, 0.2) is 6.29 Å². The zero-order chi connectivity index (χ0) is 26.4. The third kappa shape index (κ3) is 7.55. The molecule has 4 rings (SSSR count). The zero-order valence-electron chi connectivity index (χ0n) is 21.1. The van der Waals surface area contributed by atoms with Crippen molar-refractivity contribution < 1.29 is 31.4 Å². The van der Waals surface area contributed by atoms with Crippen molar-refractivity contribution in [2.45, 2.75) is 77.2 Å². The Bertz CT molecular complexity index is 1170. The van der Waals surface area contributed by atoms with Gasteiger partial charge in [0.1, 0.15) is 11.6 Å². The van der Waals surface area contributed by atoms with Crippen LogP contribution >= 0.6 is 0 Å². The molecule has 2 nitrogen and oxygen atoms in total. The molecule has 0 spiro atoms. The lowest BCUT2D eigenvalue weighted by Gasteiger charge is -2.31. The van der Waals surface area contributed by atoms with Crippen molar-refractivity contribution >= 4 is 16.3 Å². The van der Waals surface area contributed by atoms with E-state index in [1.807, 2.05) is 0 Å². The van der Waals surface area contributed by atoms with E-state index in [1.54, 1.807) is 18.1 Å². The Morgan fingerprint density at radius 3 is 2.43 bits per heavy atom. The molecule has 2 aromatic rings. The van der Waals surface area contributed by atoms with E-state index in [9.17, 15) is 22.0 Å². The lowest BCUT2D eigenvalue weighted by molar-refractivity contribution is -0.205. The van der Waals surface area contributed by atoms with Gasteiger partial charge in [0.2, 0.25) is 0 Å². The van der Waals surface area contributed by atoms with Crippen molar-refractivity contribution in [3.05, 3.63) is 53.1 Å². The van der Waals surface area contributed by atoms with E-state index in [0.29, 0.717) is 17.2 Å². The van der Waals surface area contributed by atoms with Gasteiger partial charge < -0.3 is 9.47 Å². The summed E-state index contributed by atoms with van der Waals surface area (Å²) in [4.78, 5) is 0. The fourth-order valence-electron chi connectivity index (χ4n) is 5.16. The van der Waals surface area contributed by atoms with Gasteiger partial charge in [0, 0.05) is 17.2 Å².